The third-order valence-corrected chi connectivity index (χ3v) is 6.53. The van der Waals surface area contributed by atoms with Gasteiger partial charge in [-0.15, -0.1) is 10.2 Å². The molecule has 0 atom stereocenters. The zero-order chi connectivity index (χ0) is 18.9. The molecule has 27 heavy (non-hydrogen) atoms. The quantitative estimate of drug-likeness (QED) is 0.553. The fourth-order valence-electron chi connectivity index (χ4n) is 2.64. The van der Waals surface area contributed by atoms with Crippen molar-refractivity contribution in [3.05, 3.63) is 73.1 Å². The highest BCUT2D eigenvalue weighted by Crippen LogP contribution is 2.33. The van der Waals surface area contributed by atoms with E-state index in [0.717, 1.165) is 15.7 Å². The molecule has 3 aromatic carbocycles. The van der Waals surface area contributed by atoms with Crippen LogP contribution in [0.5, 0.6) is 0 Å². The molecule has 1 N–H and O–H groups in total. The lowest BCUT2D eigenvalue weighted by atomic mass is 10.1. The molecule has 0 unspecified atom stereocenters. The number of rotatable bonds is 5. The second kappa shape index (κ2) is 7.05. The van der Waals surface area contributed by atoms with Crippen LogP contribution in [0, 0.1) is 0 Å². The Balaban J connectivity index is 1.67. The van der Waals surface area contributed by atoms with E-state index in [2.05, 4.69) is 14.9 Å². The predicted molar refractivity (Wildman–Crippen MR) is 106 cm³/mol. The average molecular weight is 396 g/mol. The van der Waals surface area contributed by atoms with Gasteiger partial charge in [0, 0.05) is 11.9 Å². The summed E-state index contributed by atoms with van der Waals surface area (Å²) in [7, 11) is -1.88. The molecule has 136 valence electrons. The topological polar surface area (TPSA) is 76.9 Å². The van der Waals surface area contributed by atoms with Crippen LogP contribution in [0.2, 0.25) is 0 Å². The first-order valence-electron chi connectivity index (χ1n) is 8.15. The summed E-state index contributed by atoms with van der Waals surface area (Å²) in [6.45, 7) is 0. The van der Waals surface area contributed by atoms with Gasteiger partial charge in [-0.2, -0.15) is 0 Å². The van der Waals surface area contributed by atoms with Crippen molar-refractivity contribution >= 4 is 38.2 Å². The SMILES string of the molecule is Cn1cnnc1Sc1ccccc1NS(=O)(=O)c1ccc2ccccc2c1. The van der Waals surface area contributed by atoms with Crippen molar-refractivity contribution in [2.75, 3.05) is 4.72 Å². The summed E-state index contributed by atoms with van der Waals surface area (Å²) in [6.07, 6.45) is 1.60. The van der Waals surface area contributed by atoms with Gasteiger partial charge in [0.2, 0.25) is 0 Å². The van der Waals surface area contributed by atoms with E-state index < -0.39 is 10.0 Å². The lowest BCUT2D eigenvalue weighted by Crippen LogP contribution is -2.13. The smallest absolute Gasteiger partial charge is 0.261 e. The van der Waals surface area contributed by atoms with Crippen molar-refractivity contribution < 1.29 is 8.42 Å². The maximum absolute atomic E-state index is 12.9. The van der Waals surface area contributed by atoms with Crippen molar-refractivity contribution in [3.63, 3.8) is 0 Å². The lowest BCUT2D eigenvalue weighted by Gasteiger charge is -2.12. The van der Waals surface area contributed by atoms with Gasteiger partial charge in [0.1, 0.15) is 6.33 Å². The minimum absolute atomic E-state index is 0.222. The van der Waals surface area contributed by atoms with Crippen LogP contribution in [0.4, 0.5) is 5.69 Å². The number of benzene rings is 3. The minimum atomic E-state index is -3.72. The molecule has 0 aliphatic rings. The number of nitrogens with zero attached hydrogens (tertiary/aromatic N) is 3. The van der Waals surface area contributed by atoms with Gasteiger partial charge in [0.05, 0.1) is 10.6 Å². The van der Waals surface area contributed by atoms with Gasteiger partial charge in [-0.1, -0.05) is 42.5 Å². The van der Waals surface area contributed by atoms with Crippen molar-refractivity contribution in [1.29, 1.82) is 0 Å². The van der Waals surface area contributed by atoms with Crippen molar-refractivity contribution in [1.82, 2.24) is 14.8 Å². The molecule has 0 bridgehead atoms. The van der Waals surface area contributed by atoms with Gasteiger partial charge in [0.15, 0.2) is 5.16 Å². The zero-order valence-corrected chi connectivity index (χ0v) is 16.0. The Morgan fingerprint density at radius 3 is 2.48 bits per heavy atom. The van der Waals surface area contributed by atoms with Crippen molar-refractivity contribution in [2.24, 2.45) is 7.05 Å². The van der Waals surface area contributed by atoms with E-state index in [1.807, 2.05) is 49.5 Å². The summed E-state index contributed by atoms with van der Waals surface area (Å²) in [5.74, 6) is 0. The van der Waals surface area contributed by atoms with Gasteiger partial charge in [-0.25, -0.2) is 8.42 Å². The van der Waals surface area contributed by atoms with E-state index in [4.69, 9.17) is 0 Å². The highest BCUT2D eigenvalue weighted by atomic mass is 32.2. The Labute approximate surface area is 161 Å². The average Bonchev–Trinajstić information content (AvgIpc) is 3.07. The molecule has 0 saturated heterocycles. The zero-order valence-electron chi connectivity index (χ0n) is 14.4. The van der Waals surface area contributed by atoms with Gasteiger partial charge in [-0.05, 0) is 46.8 Å². The first kappa shape index (κ1) is 17.6. The summed E-state index contributed by atoms with van der Waals surface area (Å²) < 4.78 is 30.3. The highest BCUT2D eigenvalue weighted by molar-refractivity contribution is 7.99. The second-order valence-electron chi connectivity index (χ2n) is 5.94. The van der Waals surface area contributed by atoms with E-state index in [9.17, 15) is 8.42 Å². The third-order valence-electron chi connectivity index (χ3n) is 4.03. The number of anilines is 1. The molecule has 0 radical (unpaired) electrons. The molecule has 1 heterocycles. The number of nitrogens with one attached hydrogen (secondary N) is 1. The maximum Gasteiger partial charge on any atom is 0.261 e. The maximum atomic E-state index is 12.9. The molecule has 0 spiro atoms. The van der Waals surface area contributed by atoms with Crippen LogP contribution >= 0.6 is 11.8 Å². The van der Waals surface area contributed by atoms with Gasteiger partial charge in [-0.3, -0.25) is 4.72 Å². The molecule has 1 aromatic heterocycles. The van der Waals surface area contributed by atoms with Gasteiger partial charge >= 0.3 is 0 Å². The lowest BCUT2D eigenvalue weighted by molar-refractivity contribution is 0.601. The number of hydrogen-bond acceptors (Lipinski definition) is 5. The third kappa shape index (κ3) is 3.67. The summed E-state index contributed by atoms with van der Waals surface area (Å²) >= 11 is 1.35. The normalized spacial score (nSPS) is 11.6. The van der Waals surface area contributed by atoms with E-state index in [1.165, 1.54) is 11.8 Å². The first-order valence-corrected chi connectivity index (χ1v) is 10.5. The molecule has 6 nitrogen and oxygen atoms in total. The highest BCUT2D eigenvalue weighted by Gasteiger charge is 2.17. The van der Waals surface area contributed by atoms with E-state index in [0.29, 0.717) is 10.8 Å². The molecule has 4 rings (SSSR count). The minimum Gasteiger partial charge on any atom is -0.311 e. The molecule has 4 aromatic rings. The molecule has 0 aliphatic carbocycles. The number of sulfonamides is 1. The summed E-state index contributed by atoms with van der Waals surface area (Å²) in [4.78, 5) is 0.970. The Morgan fingerprint density at radius 1 is 0.963 bits per heavy atom. The number of hydrogen-bond donors (Lipinski definition) is 1. The number of fused-ring (bicyclic) bond motifs is 1. The number of aromatic nitrogens is 3. The monoisotopic (exact) mass is 396 g/mol. The van der Waals surface area contributed by atoms with Crippen LogP contribution in [0.1, 0.15) is 0 Å². The molecule has 0 aliphatic heterocycles. The predicted octanol–water partition coefficient (Wildman–Crippen LogP) is 3.92. The van der Waals surface area contributed by atoms with E-state index in [-0.39, 0.29) is 4.90 Å². The Morgan fingerprint density at radius 2 is 1.70 bits per heavy atom. The van der Waals surface area contributed by atoms with Crippen molar-refractivity contribution in [2.45, 2.75) is 14.9 Å². The largest absolute Gasteiger partial charge is 0.311 e. The summed E-state index contributed by atoms with van der Waals surface area (Å²) in [5, 5.41) is 10.4. The molecular weight excluding hydrogens is 380 g/mol. The van der Waals surface area contributed by atoms with Crippen LogP contribution < -0.4 is 4.72 Å². The second-order valence-corrected chi connectivity index (χ2v) is 8.63. The summed E-state index contributed by atoms with van der Waals surface area (Å²) in [6, 6.07) is 20.0. The number of para-hydroxylation sites is 1. The van der Waals surface area contributed by atoms with Crippen LogP contribution in [0.25, 0.3) is 10.8 Å². The summed E-state index contributed by atoms with van der Waals surface area (Å²) in [5.41, 5.74) is 0.499. The molecule has 0 fully saturated rings. The Bertz CT molecular complexity index is 1220. The standard InChI is InChI=1S/C19H16N4O2S2/c1-23-13-20-21-19(23)26-18-9-5-4-8-17(18)22-27(24,25)16-11-10-14-6-2-3-7-15(14)12-16/h2-13,22H,1H3. The van der Waals surface area contributed by atoms with Gasteiger partial charge in [0.25, 0.3) is 10.0 Å². The van der Waals surface area contributed by atoms with Crippen LogP contribution in [-0.2, 0) is 17.1 Å². The van der Waals surface area contributed by atoms with Crippen molar-refractivity contribution in [3.8, 4) is 0 Å². The first-order chi connectivity index (χ1) is 13.0. The molecule has 0 saturated carbocycles. The number of aryl methyl sites for hydroxylation is 1. The van der Waals surface area contributed by atoms with Gasteiger partial charge < -0.3 is 4.57 Å². The molecule has 8 heteroatoms. The fraction of sp³-hybridized carbons (Fsp3) is 0.0526. The fourth-order valence-corrected chi connectivity index (χ4v) is 4.67. The molecular formula is C19H16N4O2S2. The molecule has 0 amide bonds. The van der Waals surface area contributed by atoms with E-state index >= 15 is 0 Å². The Kier molecular flexibility index (Phi) is 4.59. The van der Waals surface area contributed by atoms with Crippen LogP contribution in [-0.4, -0.2) is 23.2 Å². The van der Waals surface area contributed by atoms with E-state index in [1.54, 1.807) is 35.2 Å². The van der Waals surface area contributed by atoms with Crippen LogP contribution in [0.15, 0.2) is 88.0 Å². The van der Waals surface area contributed by atoms with Crippen LogP contribution in [0.3, 0.4) is 0 Å². The Hall–Kier alpha value is -2.84.